The van der Waals surface area contributed by atoms with E-state index in [9.17, 15) is 4.79 Å². The average Bonchev–Trinajstić information content (AvgIpc) is 2.99. The van der Waals surface area contributed by atoms with Gasteiger partial charge in [0.25, 0.3) is 0 Å². The minimum atomic E-state index is -0.137. The molecule has 0 saturated heterocycles. The summed E-state index contributed by atoms with van der Waals surface area (Å²) in [5.74, 6) is 0. The number of hydrogen-bond acceptors (Lipinski definition) is 4. The number of aromatic nitrogens is 4. The number of thiocarbonyl (C=S) groups is 1. The highest BCUT2D eigenvalue weighted by molar-refractivity contribution is 7.80. The molecule has 0 radical (unpaired) electrons. The number of nitrogens with two attached hydrogens (primary N) is 1. The van der Waals surface area contributed by atoms with Gasteiger partial charge in [-0.05, 0) is 18.3 Å². The van der Waals surface area contributed by atoms with Crippen LogP contribution in [0.3, 0.4) is 0 Å². The van der Waals surface area contributed by atoms with Gasteiger partial charge < -0.3 is 5.73 Å². The van der Waals surface area contributed by atoms with Crippen molar-refractivity contribution in [3.8, 4) is 0 Å². The van der Waals surface area contributed by atoms with Crippen molar-refractivity contribution >= 4 is 22.9 Å². The average molecular weight is 263 g/mol. The molecule has 0 atom stereocenters. The molecule has 2 aromatic rings. The third-order valence-corrected chi connectivity index (χ3v) is 3.52. The van der Waals surface area contributed by atoms with Crippen LogP contribution >= 0.6 is 12.2 Å². The van der Waals surface area contributed by atoms with E-state index in [1.54, 1.807) is 18.6 Å². The molecule has 0 bridgehead atoms. The lowest BCUT2D eigenvalue weighted by Gasteiger charge is -2.12. The van der Waals surface area contributed by atoms with Gasteiger partial charge in [-0.2, -0.15) is 0 Å². The van der Waals surface area contributed by atoms with Crippen LogP contribution in [0, 0.1) is 5.41 Å². The van der Waals surface area contributed by atoms with Crippen LogP contribution in [0.25, 0.3) is 5.65 Å². The van der Waals surface area contributed by atoms with Crippen molar-refractivity contribution in [2.75, 3.05) is 0 Å². The van der Waals surface area contributed by atoms with E-state index in [-0.39, 0.29) is 11.1 Å². The molecule has 1 fully saturated rings. The smallest absolute Gasteiger partial charge is 0.350 e. The maximum atomic E-state index is 12.1. The van der Waals surface area contributed by atoms with Crippen molar-refractivity contribution in [3.63, 3.8) is 0 Å². The van der Waals surface area contributed by atoms with Crippen LogP contribution in [0.1, 0.15) is 19.3 Å². The fraction of sp³-hybridized carbons (Fsp3) is 0.455. The van der Waals surface area contributed by atoms with E-state index in [0.29, 0.717) is 23.6 Å². The molecule has 2 heterocycles. The maximum Gasteiger partial charge on any atom is 0.350 e. The van der Waals surface area contributed by atoms with Crippen LogP contribution in [0.5, 0.6) is 0 Å². The molecule has 1 saturated carbocycles. The van der Waals surface area contributed by atoms with E-state index in [1.807, 2.05) is 0 Å². The van der Waals surface area contributed by atoms with Crippen LogP contribution in [0.4, 0.5) is 0 Å². The summed E-state index contributed by atoms with van der Waals surface area (Å²) in [6, 6.07) is 0. The summed E-state index contributed by atoms with van der Waals surface area (Å²) in [5.41, 5.74) is 6.06. The molecular weight excluding hydrogens is 250 g/mol. The Labute approximate surface area is 108 Å². The summed E-state index contributed by atoms with van der Waals surface area (Å²) in [5, 5.41) is 4.27. The zero-order valence-electron chi connectivity index (χ0n) is 9.74. The molecule has 2 aromatic heterocycles. The summed E-state index contributed by atoms with van der Waals surface area (Å²) in [7, 11) is 0. The number of nitrogens with zero attached hydrogens (tertiary/aromatic N) is 4. The fourth-order valence-electron chi connectivity index (χ4n) is 2.24. The third-order valence-electron chi connectivity index (χ3n) is 3.38. The molecule has 6 nitrogen and oxygen atoms in total. The Morgan fingerprint density at radius 2 is 2.33 bits per heavy atom. The monoisotopic (exact) mass is 263 g/mol. The van der Waals surface area contributed by atoms with Crippen molar-refractivity contribution in [1.82, 2.24) is 19.2 Å². The van der Waals surface area contributed by atoms with Crippen molar-refractivity contribution in [2.45, 2.75) is 25.8 Å². The summed E-state index contributed by atoms with van der Waals surface area (Å²) in [6.07, 6.45) is 7.54. The fourth-order valence-corrected chi connectivity index (χ4v) is 2.54. The normalized spacial score (nSPS) is 16.9. The van der Waals surface area contributed by atoms with Crippen molar-refractivity contribution in [2.24, 2.45) is 11.1 Å². The highest BCUT2D eigenvalue weighted by Gasteiger charge is 2.44. The van der Waals surface area contributed by atoms with E-state index in [2.05, 4.69) is 10.1 Å². The van der Waals surface area contributed by atoms with Crippen molar-refractivity contribution < 1.29 is 0 Å². The minimum Gasteiger partial charge on any atom is -0.393 e. The summed E-state index contributed by atoms with van der Waals surface area (Å²) >= 11 is 4.95. The van der Waals surface area contributed by atoms with Crippen molar-refractivity contribution in [1.29, 1.82) is 0 Å². The number of fused-ring (bicyclic) bond motifs is 1. The van der Waals surface area contributed by atoms with Gasteiger partial charge in [-0.15, -0.1) is 5.10 Å². The van der Waals surface area contributed by atoms with Crippen LogP contribution in [-0.2, 0) is 6.54 Å². The molecule has 0 aromatic carbocycles. The first-order valence-electron chi connectivity index (χ1n) is 5.77. The van der Waals surface area contributed by atoms with E-state index in [4.69, 9.17) is 18.0 Å². The van der Waals surface area contributed by atoms with Gasteiger partial charge in [0.05, 0.1) is 17.7 Å². The Hall–Kier alpha value is -1.76. The van der Waals surface area contributed by atoms with Crippen LogP contribution in [0.2, 0.25) is 0 Å². The summed E-state index contributed by atoms with van der Waals surface area (Å²) in [6.45, 7) is 0.574. The molecule has 94 valence electrons. The summed E-state index contributed by atoms with van der Waals surface area (Å²) in [4.78, 5) is 16.5. The van der Waals surface area contributed by atoms with Gasteiger partial charge in [-0.1, -0.05) is 12.2 Å². The van der Waals surface area contributed by atoms with Gasteiger partial charge in [0.15, 0.2) is 5.65 Å². The molecule has 0 spiro atoms. The Morgan fingerprint density at radius 3 is 2.94 bits per heavy atom. The van der Waals surface area contributed by atoms with Gasteiger partial charge in [-0.25, -0.2) is 13.9 Å². The SMILES string of the molecule is NC(=S)CC1(Cn2nc3cnccn3c2=O)CC1. The van der Waals surface area contributed by atoms with Gasteiger partial charge in [0.1, 0.15) is 0 Å². The van der Waals surface area contributed by atoms with Gasteiger partial charge in [-0.3, -0.25) is 4.98 Å². The van der Waals surface area contributed by atoms with Gasteiger partial charge in [0.2, 0.25) is 0 Å². The van der Waals surface area contributed by atoms with Gasteiger partial charge >= 0.3 is 5.69 Å². The Bertz CT molecular complexity index is 669. The Kier molecular flexibility index (Phi) is 2.44. The second-order valence-corrected chi connectivity index (χ2v) is 5.41. The predicted molar refractivity (Wildman–Crippen MR) is 70.3 cm³/mol. The molecule has 3 rings (SSSR count). The topological polar surface area (TPSA) is 78.2 Å². The lowest BCUT2D eigenvalue weighted by molar-refractivity contribution is 0.402. The molecule has 1 aliphatic carbocycles. The molecule has 0 unspecified atom stereocenters. The van der Waals surface area contributed by atoms with Crippen LogP contribution in [0.15, 0.2) is 23.4 Å². The molecule has 18 heavy (non-hydrogen) atoms. The van der Waals surface area contributed by atoms with Crippen LogP contribution < -0.4 is 11.4 Å². The molecule has 0 aliphatic heterocycles. The Balaban J connectivity index is 1.94. The highest BCUT2D eigenvalue weighted by Crippen LogP contribution is 2.49. The lowest BCUT2D eigenvalue weighted by atomic mass is 10.0. The second-order valence-electron chi connectivity index (χ2n) is 4.89. The largest absolute Gasteiger partial charge is 0.393 e. The molecular formula is C11H13N5OS. The minimum absolute atomic E-state index is 0.0427. The zero-order valence-corrected chi connectivity index (χ0v) is 10.6. The lowest BCUT2D eigenvalue weighted by Crippen LogP contribution is -2.27. The molecule has 0 amide bonds. The maximum absolute atomic E-state index is 12.1. The first-order chi connectivity index (χ1) is 8.60. The standard InChI is InChI=1S/C11H13N5OS/c12-8(18)5-11(1-2-11)7-16-10(17)15-4-3-13-6-9(15)14-16/h3-4,6H,1-2,5,7H2,(H2,12,18). The van der Waals surface area contributed by atoms with Gasteiger partial charge in [0, 0.05) is 18.8 Å². The summed E-state index contributed by atoms with van der Waals surface area (Å²) < 4.78 is 2.98. The van der Waals surface area contributed by atoms with Crippen molar-refractivity contribution in [3.05, 3.63) is 29.1 Å². The quantitative estimate of drug-likeness (QED) is 0.805. The van der Waals surface area contributed by atoms with Crippen LogP contribution in [-0.4, -0.2) is 24.2 Å². The first kappa shape index (κ1) is 11.3. The van der Waals surface area contributed by atoms with E-state index >= 15 is 0 Å². The van der Waals surface area contributed by atoms with E-state index in [0.717, 1.165) is 12.8 Å². The van der Waals surface area contributed by atoms with E-state index in [1.165, 1.54) is 9.08 Å². The van der Waals surface area contributed by atoms with E-state index < -0.39 is 0 Å². The molecule has 2 N–H and O–H groups in total. The number of hydrogen-bond donors (Lipinski definition) is 1. The zero-order chi connectivity index (χ0) is 12.8. The third kappa shape index (κ3) is 1.90. The highest BCUT2D eigenvalue weighted by atomic mass is 32.1. The molecule has 7 heteroatoms. The molecule has 1 aliphatic rings. The Morgan fingerprint density at radius 1 is 1.56 bits per heavy atom. The number of rotatable bonds is 4. The first-order valence-corrected chi connectivity index (χ1v) is 6.18. The predicted octanol–water partition coefficient (Wildman–Crippen LogP) is 0.347. The second kappa shape index (κ2) is 3.88.